The maximum atomic E-state index is 9.22. The third kappa shape index (κ3) is 111. The molecule has 0 aliphatic rings. The highest BCUT2D eigenvalue weighted by Gasteiger charge is 1.81. The van der Waals surface area contributed by atoms with Crippen molar-refractivity contribution in [3.63, 3.8) is 0 Å². The zero-order valence-corrected chi connectivity index (χ0v) is 5.79. The largest absolute Gasteiger partial charge is 0.392 e. The van der Waals surface area contributed by atoms with Gasteiger partial charge in [-0.2, -0.15) is 0 Å². The lowest BCUT2D eigenvalue weighted by Crippen LogP contribution is -2.14. The fourth-order valence-electron chi connectivity index (χ4n) is 0. The summed E-state index contributed by atoms with van der Waals surface area (Å²) in [5.74, 6) is -0.333. The summed E-state index contributed by atoms with van der Waals surface area (Å²) in [5.41, 5.74) is 9.39. The van der Waals surface area contributed by atoms with E-state index in [2.05, 4.69) is 5.73 Å². The van der Waals surface area contributed by atoms with Gasteiger partial charge in [-0.15, -0.1) is 0 Å². The number of hydrogen-bond acceptors (Lipinski definition) is 3. The van der Waals surface area contributed by atoms with Gasteiger partial charge in [-0.25, -0.2) is 0 Å². The van der Waals surface area contributed by atoms with Crippen LogP contribution in [0.5, 0.6) is 0 Å². The van der Waals surface area contributed by atoms with Crippen molar-refractivity contribution in [1.82, 2.24) is 0 Å². The highest BCUT2D eigenvalue weighted by molar-refractivity contribution is 5.70. The summed E-state index contributed by atoms with van der Waals surface area (Å²) in [4.78, 5) is 9.22. The van der Waals surface area contributed by atoms with Crippen molar-refractivity contribution in [2.24, 2.45) is 11.5 Å². The van der Waals surface area contributed by atoms with Crippen molar-refractivity contribution in [2.75, 3.05) is 6.54 Å². The van der Waals surface area contributed by atoms with E-state index in [1.165, 1.54) is 6.92 Å². The minimum atomic E-state index is -0.338. The van der Waals surface area contributed by atoms with E-state index in [0.717, 1.165) is 0 Å². The van der Waals surface area contributed by atoms with Crippen LogP contribution >= 0.6 is 0 Å². The van der Waals surface area contributed by atoms with Gasteiger partial charge in [0.15, 0.2) is 0 Å². The molecule has 0 aromatic rings. The molecule has 0 fully saturated rings. The average Bonchev–Trinajstić information content (AvgIpc) is 1.65. The van der Waals surface area contributed by atoms with Crippen LogP contribution in [-0.4, -0.2) is 23.7 Å². The van der Waals surface area contributed by atoms with Gasteiger partial charge >= 0.3 is 0 Å². The number of primary amides is 1. The van der Waals surface area contributed by atoms with Gasteiger partial charge in [0.2, 0.25) is 5.91 Å². The molecule has 0 rings (SSSR count). The molecule has 0 aliphatic heterocycles. The normalized spacial score (nSPS) is 11.1. The van der Waals surface area contributed by atoms with Crippen LogP contribution < -0.4 is 11.5 Å². The second-order valence-corrected chi connectivity index (χ2v) is 1.70. The number of nitrogens with two attached hydrogens (primary N) is 2. The molecule has 0 aromatic carbocycles. The fourth-order valence-corrected chi connectivity index (χ4v) is 0. The summed E-state index contributed by atoms with van der Waals surface area (Å²) < 4.78 is 0. The lowest BCUT2D eigenvalue weighted by atomic mass is 10.4. The van der Waals surface area contributed by atoms with Gasteiger partial charge in [0.25, 0.3) is 0 Å². The van der Waals surface area contributed by atoms with Crippen LogP contribution in [0.3, 0.4) is 0 Å². The van der Waals surface area contributed by atoms with E-state index in [1.807, 2.05) is 0 Å². The van der Waals surface area contributed by atoms with Crippen molar-refractivity contribution < 1.29 is 9.90 Å². The monoisotopic (exact) mass is 134 g/mol. The lowest BCUT2D eigenvalue weighted by molar-refractivity contribution is -0.115. The van der Waals surface area contributed by atoms with Crippen molar-refractivity contribution in [2.45, 2.75) is 20.0 Å². The molecule has 4 nitrogen and oxygen atoms in total. The number of amides is 1. The Hall–Kier alpha value is -0.610. The number of carbonyl (C=O) groups excluding carboxylic acids is 1. The van der Waals surface area contributed by atoms with Gasteiger partial charge in [0.05, 0.1) is 6.10 Å². The Morgan fingerprint density at radius 1 is 1.78 bits per heavy atom. The van der Waals surface area contributed by atoms with Crippen LogP contribution in [0.4, 0.5) is 0 Å². The first-order valence-electron chi connectivity index (χ1n) is 2.64. The Labute approximate surface area is 54.8 Å². The molecule has 1 amide bonds. The zero-order chi connectivity index (χ0) is 7.86. The average molecular weight is 134 g/mol. The van der Waals surface area contributed by atoms with Crippen molar-refractivity contribution in [3.8, 4) is 0 Å². The molecule has 0 saturated carbocycles. The number of rotatable bonds is 1. The van der Waals surface area contributed by atoms with E-state index in [4.69, 9.17) is 10.8 Å². The third-order valence-electron chi connectivity index (χ3n) is 0.341. The van der Waals surface area contributed by atoms with Crippen molar-refractivity contribution in [1.29, 1.82) is 0 Å². The van der Waals surface area contributed by atoms with Gasteiger partial charge in [-0.05, 0) is 6.92 Å². The Kier molecular flexibility index (Phi) is 9.21. The molecule has 0 aliphatic carbocycles. The Bertz CT molecular complexity index is 69.4. The van der Waals surface area contributed by atoms with Crippen LogP contribution in [0.1, 0.15) is 13.8 Å². The Morgan fingerprint density at radius 3 is 1.89 bits per heavy atom. The van der Waals surface area contributed by atoms with Crippen molar-refractivity contribution in [3.05, 3.63) is 0 Å². The molecule has 56 valence electrons. The molecule has 0 heterocycles. The van der Waals surface area contributed by atoms with Gasteiger partial charge in [-0.3, -0.25) is 4.79 Å². The molecule has 5 N–H and O–H groups in total. The number of carbonyl (C=O) groups is 1. The smallest absolute Gasteiger partial charge is 0.214 e. The summed E-state index contributed by atoms with van der Waals surface area (Å²) in [5, 5.41) is 8.24. The van der Waals surface area contributed by atoms with E-state index in [9.17, 15) is 4.79 Å². The SMILES string of the molecule is CC(N)=O.CC(O)CN. The summed E-state index contributed by atoms with van der Waals surface area (Å²) in [6.45, 7) is 3.32. The molecule has 0 radical (unpaired) electrons. The summed E-state index contributed by atoms with van der Waals surface area (Å²) in [7, 11) is 0. The molecule has 1 atom stereocenters. The van der Waals surface area contributed by atoms with Crippen molar-refractivity contribution >= 4 is 5.91 Å². The minimum Gasteiger partial charge on any atom is -0.392 e. The summed E-state index contributed by atoms with van der Waals surface area (Å²) in [6.07, 6.45) is -0.338. The van der Waals surface area contributed by atoms with E-state index < -0.39 is 0 Å². The van der Waals surface area contributed by atoms with Crippen LogP contribution in [0.25, 0.3) is 0 Å². The molecule has 0 aromatic heterocycles. The van der Waals surface area contributed by atoms with Crippen LogP contribution in [-0.2, 0) is 4.79 Å². The molecule has 0 spiro atoms. The minimum absolute atomic E-state index is 0.333. The first-order chi connectivity index (χ1) is 4.00. The van der Waals surface area contributed by atoms with E-state index in [1.54, 1.807) is 6.92 Å². The molecule has 4 heteroatoms. The lowest BCUT2D eigenvalue weighted by Gasteiger charge is -1.91. The quantitative estimate of drug-likeness (QED) is 0.421. The van der Waals surface area contributed by atoms with Crippen LogP contribution in [0.15, 0.2) is 0 Å². The predicted octanol–water partition coefficient (Wildman–Crippen LogP) is -1.18. The van der Waals surface area contributed by atoms with Crippen LogP contribution in [0, 0.1) is 0 Å². The van der Waals surface area contributed by atoms with E-state index in [-0.39, 0.29) is 12.0 Å². The van der Waals surface area contributed by atoms with Gasteiger partial charge < -0.3 is 16.6 Å². The maximum absolute atomic E-state index is 9.22. The first kappa shape index (κ1) is 11.2. The Balaban J connectivity index is 0. The highest BCUT2D eigenvalue weighted by atomic mass is 16.3. The topological polar surface area (TPSA) is 89.3 Å². The molecular weight excluding hydrogens is 120 g/mol. The second kappa shape index (κ2) is 7.39. The second-order valence-electron chi connectivity index (χ2n) is 1.70. The molecule has 1 unspecified atom stereocenters. The standard InChI is InChI=1S/C3H9NO.C2H5NO/c1-3(5)2-4;1-2(3)4/h3,5H,2,4H2,1H3;1H3,(H2,3,4). The zero-order valence-electron chi connectivity index (χ0n) is 5.79. The highest BCUT2D eigenvalue weighted by Crippen LogP contribution is 1.65. The summed E-state index contributed by atoms with van der Waals surface area (Å²) >= 11 is 0. The number of hydrogen-bond donors (Lipinski definition) is 3. The Morgan fingerprint density at radius 2 is 1.89 bits per heavy atom. The maximum Gasteiger partial charge on any atom is 0.214 e. The van der Waals surface area contributed by atoms with E-state index >= 15 is 0 Å². The van der Waals surface area contributed by atoms with Gasteiger partial charge in [0, 0.05) is 13.5 Å². The summed E-state index contributed by atoms with van der Waals surface area (Å²) in [6, 6.07) is 0. The van der Waals surface area contributed by atoms with Gasteiger partial charge in [0.1, 0.15) is 0 Å². The van der Waals surface area contributed by atoms with E-state index in [0.29, 0.717) is 6.54 Å². The molecule has 0 saturated heterocycles. The fraction of sp³-hybridized carbons (Fsp3) is 0.800. The number of aliphatic hydroxyl groups excluding tert-OH is 1. The van der Waals surface area contributed by atoms with Crippen LogP contribution in [0.2, 0.25) is 0 Å². The third-order valence-corrected chi connectivity index (χ3v) is 0.341. The number of aliphatic hydroxyl groups is 1. The molecule has 9 heavy (non-hydrogen) atoms. The van der Waals surface area contributed by atoms with Gasteiger partial charge in [-0.1, -0.05) is 0 Å². The molecular formula is C5H14N2O2. The first-order valence-corrected chi connectivity index (χ1v) is 2.64. The predicted molar refractivity (Wildman–Crippen MR) is 35.6 cm³/mol. The molecule has 0 bridgehead atoms.